The number of rotatable bonds is 0. The van der Waals surface area contributed by atoms with Gasteiger partial charge in [0.15, 0.2) is 0 Å². The van der Waals surface area contributed by atoms with Crippen LogP contribution in [-0.2, 0) is 0 Å². The van der Waals surface area contributed by atoms with E-state index in [4.69, 9.17) is 5.26 Å². The van der Waals surface area contributed by atoms with Crippen LogP contribution in [0.4, 0.5) is 0 Å². The Morgan fingerprint density at radius 2 is 2.62 bits per heavy atom. The predicted octanol–water partition coefficient (Wildman–Crippen LogP) is 1.78. The van der Waals surface area contributed by atoms with Crippen molar-refractivity contribution in [2.75, 3.05) is 0 Å². The van der Waals surface area contributed by atoms with Crippen LogP contribution in [0.2, 0.25) is 0 Å². The highest BCUT2D eigenvalue weighted by Crippen LogP contribution is 2.14. The molecule has 0 N–H and O–H groups in total. The Bertz CT molecular complexity index is 224. The van der Waals surface area contributed by atoms with Gasteiger partial charge in [0.25, 0.3) is 0 Å². The first-order valence-electron chi connectivity index (χ1n) is 1.84. The van der Waals surface area contributed by atoms with Crippen LogP contribution in [-0.4, -0.2) is 4.37 Å². The summed E-state index contributed by atoms with van der Waals surface area (Å²) >= 11 is 4.37. The number of nitrogens with zero attached hydrogens (tertiary/aromatic N) is 2. The van der Waals surface area contributed by atoms with Crippen molar-refractivity contribution in [1.82, 2.24) is 4.37 Å². The summed E-state index contributed by atoms with van der Waals surface area (Å²) in [5.74, 6) is 0. The Morgan fingerprint density at radius 3 is 2.88 bits per heavy atom. The lowest BCUT2D eigenvalue weighted by atomic mass is 10.4. The third-order valence-corrected chi connectivity index (χ3v) is 2.11. The monoisotopic (exact) mass is 188 g/mol. The molecule has 2 nitrogen and oxygen atoms in total. The Kier molecular flexibility index (Phi) is 1.61. The lowest BCUT2D eigenvalue weighted by molar-refractivity contribution is 1.43. The molecule has 0 atom stereocenters. The fraction of sp³-hybridized carbons (Fsp3) is 0. The van der Waals surface area contributed by atoms with Crippen molar-refractivity contribution < 1.29 is 0 Å². The van der Waals surface area contributed by atoms with Crippen LogP contribution in [0.25, 0.3) is 0 Å². The van der Waals surface area contributed by atoms with E-state index in [1.807, 2.05) is 6.07 Å². The largest absolute Gasteiger partial charge is 0.192 e. The zero-order chi connectivity index (χ0) is 5.98. The average Bonchev–Trinajstić information content (AvgIpc) is 2.14. The number of aromatic nitrogens is 1. The first-order valence-corrected chi connectivity index (χ1v) is 3.47. The molecule has 4 heteroatoms. The van der Waals surface area contributed by atoms with Gasteiger partial charge >= 0.3 is 0 Å². The van der Waals surface area contributed by atoms with E-state index >= 15 is 0 Å². The van der Waals surface area contributed by atoms with E-state index in [-0.39, 0.29) is 0 Å². The molecular weight excluding hydrogens is 188 g/mol. The highest BCUT2D eigenvalue weighted by Gasteiger charge is 1.97. The van der Waals surface area contributed by atoms with Crippen molar-refractivity contribution in [1.29, 1.82) is 5.26 Å². The third-order valence-electron chi connectivity index (χ3n) is 0.646. The molecule has 1 rings (SSSR count). The van der Waals surface area contributed by atoms with Gasteiger partial charge < -0.3 is 0 Å². The molecule has 0 aliphatic heterocycles. The second kappa shape index (κ2) is 2.25. The summed E-state index contributed by atoms with van der Waals surface area (Å²) in [6, 6.07) is 1.98. The van der Waals surface area contributed by atoms with E-state index in [9.17, 15) is 0 Å². The maximum absolute atomic E-state index is 8.29. The molecule has 0 spiro atoms. The summed E-state index contributed by atoms with van der Waals surface area (Å²) in [5, 5.41) is 9.99. The van der Waals surface area contributed by atoms with E-state index in [0.717, 1.165) is 0 Å². The average molecular weight is 189 g/mol. The van der Waals surface area contributed by atoms with Crippen LogP contribution < -0.4 is 0 Å². The van der Waals surface area contributed by atoms with Gasteiger partial charge in [0.2, 0.25) is 0 Å². The van der Waals surface area contributed by atoms with Crippen molar-refractivity contribution in [3.05, 3.63) is 15.5 Å². The summed E-state index contributed by atoms with van der Waals surface area (Å²) in [5.41, 5.74) is 0.606. The number of nitriles is 1. The van der Waals surface area contributed by atoms with Gasteiger partial charge in [-0.3, -0.25) is 0 Å². The minimum absolute atomic E-state index is 0.606. The van der Waals surface area contributed by atoms with E-state index in [1.165, 1.54) is 11.5 Å². The van der Waals surface area contributed by atoms with Crippen molar-refractivity contribution in [3.8, 4) is 6.07 Å². The topological polar surface area (TPSA) is 36.7 Å². The highest BCUT2D eigenvalue weighted by atomic mass is 79.9. The molecule has 0 aliphatic rings. The molecule has 0 radical (unpaired) electrons. The summed E-state index contributed by atoms with van der Waals surface area (Å²) < 4.78 is 4.47. The van der Waals surface area contributed by atoms with Crippen LogP contribution in [0, 0.1) is 11.3 Å². The molecule has 1 aromatic rings. The SMILES string of the molecule is N#Cc1csnc1Br. The zero-order valence-corrected chi connectivity index (χ0v) is 6.16. The first-order chi connectivity index (χ1) is 3.84. The van der Waals surface area contributed by atoms with Crippen molar-refractivity contribution in [3.63, 3.8) is 0 Å². The molecule has 0 aromatic carbocycles. The van der Waals surface area contributed by atoms with Crippen LogP contribution in [0.3, 0.4) is 0 Å². The standard InChI is InChI=1S/C4HBrN2S/c5-4-3(1-6)2-8-7-4/h2H. The second-order valence-corrected chi connectivity index (χ2v) is 2.51. The number of halogens is 1. The molecule has 40 valence electrons. The Morgan fingerprint density at radius 1 is 1.88 bits per heavy atom. The van der Waals surface area contributed by atoms with E-state index < -0.39 is 0 Å². The molecule has 0 saturated carbocycles. The van der Waals surface area contributed by atoms with Gasteiger partial charge in [-0.05, 0) is 27.5 Å². The fourth-order valence-corrected chi connectivity index (χ4v) is 1.41. The van der Waals surface area contributed by atoms with Crippen LogP contribution in [0.15, 0.2) is 9.98 Å². The lowest BCUT2D eigenvalue weighted by Gasteiger charge is -1.72. The lowest BCUT2D eigenvalue weighted by Crippen LogP contribution is -1.64. The molecule has 0 aliphatic carbocycles. The maximum atomic E-state index is 8.29. The van der Waals surface area contributed by atoms with Gasteiger partial charge in [0, 0.05) is 5.38 Å². The van der Waals surface area contributed by atoms with Crippen LogP contribution in [0.5, 0.6) is 0 Å². The van der Waals surface area contributed by atoms with E-state index in [2.05, 4.69) is 20.3 Å². The fourth-order valence-electron chi connectivity index (χ4n) is 0.296. The van der Waals surface area contributed by atoms with Gasteiger partial charge in [-0.25, -0.2) is 0 Å². The molecule has 0 unspecified atom stereocenters. The molecule has 1 aromatic heterocycles. The molecule has 8 heavy (non-hydrogen) atoms. The third kappa shape index (κ3) is 0.881. The molecule has 0 saturated heterocycles. The van der Waals surface area contributed by atoms with E-state index in [0.29, 0.717) is 10.2 Å². The maximum Gasteiger partial charge on any atom is 0.137 e. The van der Waals surface area contributed by atoms with Crippen LogP contribution in [0.1, 0.15) is 5.56 Å². The summed E-state index contributed by atoms with van der Waals surface area (Å²) in [6.45, 7) is 0. The smallest absolute Gasteiger partial charge is 0.137 e. The molecule has 1 heterocycles. The van der Waals surface area contributed by atoms with Gasteiger partial charge in [0.1, 0.15) is 10.7 Å². The van der Waals surface area contributed by atoms with Crippen molar-refractivity contribution in [2.24, 2.45) is 0 Å². The first kappa shape index (κ1) is 5.73. The number of hydrogen-bond donors (Lipinski definition) is 0. The number of hydrogen-bond acceptors (Lipinski definition) is 3. The highest BCUT2D eigenvalue weighted by molar-refractivity contribution is 9.10. The minimum atomic E-state index is 0.606. The Hall–Kier alpha value is -0.400. The second-order valence-electron chi connectivity index (χ2n) is 1.13. The minimum Gasteiger partial charge on any atom is -0.192 e. The van der Waals surface area contributed by atoms with Crippen molar-refractivity contribution >= 4 is 27.5 Å². The molecular formula is C4HBrN2S. The Balaban J connectivity index is 3.15. The molecule has 0 bridgehead atoms. The quantitative estimate of drug-likeness (QED) is 0.623. The van der Waals surface area contributed by atoms with Crippen molar-refractivity contribution in [2.45, 2.75) is 0 Å². The predicted molar refractivity (Wildman–Crippen MR) is 34.5 cm³/mol. The van der Waals surface area contributed by atoms with E-state index in [1.54, 1.807) is 5.38 Å². The normalized spacial score (nSPS) is 8.50. The van der Waals surface area contributed by atoms with Crippen LogP contribution >= 0.6 is 27.5 Å². The van der Waals surface area contributed by atoms with Gasteiger partial charge in [0.05, 0.1) is 5.56 Å². The molecule has 0 amide bonds. The van der Waals surface area contributed by atoms with Gasteiger partial charge in [-0.1, -0.05) is 0 Å². The summed E-state index contributed by atoms with van der Waals surface area (Å²) in [6.07, 6.45) is 0. The summed E-state index contributed by atoms with van der Waals surface area (Å²) in [4.78, 5) is 0. The van der Waals surface area contributed by atoms with Gasteiger partial charge in [-0.2, -0.15) is 9.64 Å². The molecule has 0 fully saturated rings. The summed E-state index contributed by atoms with van der Waals surface area (Å²) in [7, 11) is 0. The Labute approximate surface area is 59.1 Å². The zero-order valence-electron chi connectivity index (χ0n) is 3.76. The van der Waals surface area contributed by atoms with Gasteiger partial charge in [-0.15, -0.1) is 0 Å².